The molecular formula is C26H33N3O2S. The summed E-state index contributed by atoms with van der Waals surface area (Å²) in [5.74, 6) is 0.0177. The van der Waals surface area contributed by atoms with Gasteiger partial charge in [-0.15, -0.1) is 0 Å². The first-order chi connectivity index (χ1) is 15.3. The average molecular weight is 452 g/mol. The first-order valence-electron chi connectivity index (χ1n) is 11.4. The summed E-state index contributed by atoms with van der Waals surface area (Å²) >= 11 is 1.60. The second kappa shape index (κ2) is 9.69. The Morgan fingerprint density at radius 1 is 1.12 bits per heavy atom. The van der Waals surface area contributed by atoms with Crippen molar-refractivity contribution in [2.45, 2.75) is 39.5 Å². The molecule has 1 amide bonds. The summed E-state index contributed by atoms with van der Waals surface area (Å²) < 4.78 is 6.58. The van der Waals surface area contributed by atoms with E-state index in [1.165, 1.54) is 5.56 Å². The number of thiazole rings is 1. The van der Waals surface area contributed by atoms with Crippen LogP contribution in [-0.2, 0) is 10.2 Å². The zero-order valence-electron chi connectivity index (χ0n) is 19.6. The van der Waals surface area contributed by atoms with Crippen molar-refractivity contribution in [3.63, 3.8) is 0 Å². The highest BCUT2D eigenvalue weighted by molar-refractivity contribution is 7.22. The number of amides is 1. The number of anilines is 1. The second-order valence-electron chi connectivity index (χ2n) is 9.51. The lowest BCUT2D eigenvalue weighted by Crippen LogP contribution is -2.39. The Morgan fingerprint density at radius 2 is 1.84 bits per heavy atom. The fraction of sp³-hybridized carbons (Fsp3) is 0.462. The normalized spacial score (nSPS) is 15.2. The van der Waals surface area contributed by atoms with Gasteiger partial charge in [0.25, 0.3) is 5.91 Å². The SMILES string of the molecule is Cc1cccc2sc(N(CCCN3CCOCC3)C(=O)c3ccc(C(C)(C)C)cc3)nc12. The molecule has 4 rings (SSSR count). The van der Waals surface area contributed by atoms with E-state index in [0.717, 1.165) is 60.2 Å². The zero-order chi connectivity index (χ0) is 22.7. The minimum atomic E-state index is 0.0177. The number of fused-ring (bicyclic) bond motifs is 1. The van der Waals surface area contributed by atoms with Gasteiger partial charge in [-0.1, -0.05) is 56.4 Å². The topological polar surface area (TPSA) is 45.7 Å². The van der Waals surface area contributed by atoms with Gasteiger partial charge >= 0.3 is 0 Å². The van der Waals surface area contributed by atoms with E-state index in [0.29, 0.717) is 12.1 Å². The van der Waals surface area contributed by atoms with Crippen molar-refractivity contribution >= 4 is 32.6 Å². The lowest BCUT2D eigenvalue weighted by molar-refractivity contribution is 0.0376. The van der Waals surface area contributed by atoms with Crippen molar-refractivity contribution in [1.29, 1.82) is 0 Å². The third-order valence-electron chi connectivity index (χ3n) is 6.04. The van der Waals surface area contributed by atoms with E-state index in [-0.39, 0.29) is 11.3 Å². The maximum Gasteiger partial charge on any atom is 0.260 e. The summed E-state index contributed by atoms with van der Waals surface area (Å²) in [6, 6.07) is 14.3. The summed E-state index contributed by atoms with van der Waals surface area (Å²) in [5.41, 5.74) is 4.12. The number of para-hydroxylation sites is 1. The Morgan fingerprint density at radius 3 is 2.50 bits per heavy atom. The van der Waals surface area contributed by atoms with Crippen LogP contribution in [0.5, 0.6) is 0 Å². The zero-order valence-corrected chi connectivity index (χ0v) is 20.4. The van der Waals surface area contributed by atoms with Crippen LogP contribution in [0.1, 0.15) is 48.7 Å². The maximum atomic E-state index is 13.6. The number of benzene rings is 2. The van der Waals surface area contributed by atoms with Gasteiger partial charge in [0.05, 0.1) is 23.4 Å². The van der Waals surface area contributed by atoms with Gasteiger partial charge in [0, 0.05) is 31.7 Å². The number of rotatable bonds is 6. The van der Waals surface area contributed by atoms with E-state index in [1.54, 1.807) is 11.3 Å². The molecule has 5 nitrogen and oxygen atoms in total. The van der Waals surface area contributed by atoms with Gasteiger partial charge in [0.2, 0.25) is 0 Å². The van der Waals surface area contributed by atoms with Crippen molar-refractivity contribution in [3.8, 4) is 0 Å². The molecule has 1 fully saturated rings. The molecule has 1 aliphatic heterocycles. The minimum absolute atomic E-state index is 0.0177. The van der Waals surface area contributed by atoms with Crippen LogP contribution in [0, 0.1) is 6.92 Å². The molecule has 0 radical (unpaired) electrons. The first-order valence-corrected chi connectivity index (χ1v) is 12.2. The number of morpholine rings is 1. The van der Waals surface area contributed by atoms with E-state index in [2.05, 4.69) is 62.9 Å². The Labute approximate surface area is 195 Å². The van der Waals surface area contributed by atoms with Crippen molar-refractivity contribution in [2.75, 3.05) is 44.3 Å². The number of aromatic nitrogens is 1. The lowest BCUT2D eigenvalue weighted by atomic mass is 9.86. The number of carbonyl (C=O) groups excluding carboxylic acids is 1. The summed E-state index contributed by atoms with van der Waals surface area (Å²) in [5, 5.41) is 0.779. The highest BCUT2D eigenvalue weighted by Crippen LogP contribution is 2.32. The number of nitrogens with zero attached hydrogens (tertiary/aromatic N) is 3. The van der Waals surface area contributed by atoms with Gasteiger partial charge in [0.15, 0.2) is 5.13 Å². The fourth-order valence-corrected chi connectivity index (χ4v) is 5.09. The van der Waals surface area contributed by atoms with Gasteiger partial charge in [0.1, 0.15) is 0 Å². The predicted molar refractivity (Wildman–Crippen MR) is 133 cm³/mol. The largest absolute Gasteiger partial charge is 0.379 e. The Hall–Kier alpha value is -2.28. The number of hydrogen-bond acceptors (Lipinski definition) is 5. The van der Waals surface area contributed by atoms with Gasteiger partial charge in [-0.05, 0) is 48.1 Å². The van der Waals surface area contributed by atoms with Crippen LogP contribution in [0.15, 0.2) is 42.5 Å². The lowest BCUT2D eigenvalue weighted by Gasteiger charge is -2.28. The van der Waals surface area contributed by atoms with Crippen LogP contribution in [0.25, 0.3) is 10.2 Å². The van der Waals surface area contributed by atoms with Crippen molar-refractivity contribution in [3.05, 3.63) is 59.2 Å². The van der Waals surface area contributed by atoms with Gasteiger partial charge in [-0.3, -0.25) is 14.6 Å². The van der Waals surface area contributed by atoms with E-state index in [1.807, 2.05) is 17.0 Å². The molecule has 0 N–H and O–H groups in total. The van der Waals surface area contributed by atoms with Crippen LogP contribution in [-0.4, -0.2) is 55.2 Å². The molecule has 0 saturated carbocycles. The van der Waals surface area contributed by atoms with E-state index in [4.69, 9.17) is 9.72 Å². The summed E-state index contributed by atoms with van der Waals surface area (Å²) in [6.45, 7) is 13.7. The molecule has 1 aromatic heterocycles. The highest BCUT2D eigenvalue weighted by atomic mass is 32.1. The van der Waals surface area contributed by atoms with Gasteiger partial charge in [-0.25, -0.2) is 4.98 Å². The third kappa shape index (κ3) is 5.20. The van der Waals surface area contributed by atoms with E-state index in [9.17, 15) is 4.79 Å². The molecule has 0 spiro atoms. The van der Waals surface area contributed by atoms with Crippen LogP contribution in [0.3, 0.4) is 0 Å². The monoisotopic (exact) mass is 451 g/mol. The summed E-state index contributed by atoms with van der Waals surface area (Å²) in [6.07, 6.45) is 0.903. The first kappa shape index (κ1) is 22.9. The third-order valence-corrected chi connectivity index (χ3v) is 7.09. The molecule has 1 saturated heterocycles. The number of hydrogen-bond donors (Lipinski definition) is 0. The molecule has 3 aromatic rings. The molecule has 2 heterocycles. The van der Waals surface area contributed by atoms with E-state index < -0.39 is 0 Å². The minimum Gasteiger partial charge on any atom is -0.379 e. The van der Waals surface area contributed by atoms with Crippen LogP contribution in [0.2, 0.25) is 0 Å². The molecule has 32 heavy (non-hydrogen) atoms. The van der Waals surface area contributed by atoms with Gasteiger partial charge in [-0.2, -0.15) is 0 Å². The molecule has 0 atom stereocenters. The predicted octanol–water partition coefficient (Wildman–Crippen LogP) is 5.27. The molecule has 1 aliphatic rings. The van der Waals surface area contributed by atoms with Crippen LogP contribution in [0.4, 0.5) is 5.13 Å². The molecule has 0 unspecified atom stereocenters. The number of ether oxygens (including phenoxy) is 1. The van der Waals surface area contributed by atoms with Crippen LogP contribution < -0.4 is 4.90 Å². The smallest absolute Gasteiger partial charge is 0.260 e. The van der Waals surface area contributed by atoms with Crippen LogP contribution >= 0.6 is 11.3 Å². The summed E-state index contributed by atoms with van der Waals surface area (Å²) in [4.78, 5) is 22.8. The quantitative estimate of drug-likeness (QED) is 0.512. The molecule has 0 aliphatic carbocycles. The molecule has 2 aromatic carbocycles. The average Bonchev–Trinajstić information content (AvgIpc) is 3.22. The molecule has 170 valence electrons. The molecule has 6 heteroatoms. The summed E-state index contributed by atoms with van der Waals surface area (Å²) in [7, 11) is 0. The van der Waals surface area contributed by atoms with Crippen molar-refractivity contribution in [1.82, 2.24) is 9.88 Å². The Kier molecular flexibility index (Phi) is 6.93. The molecule has 0 bridgehead atoms. The highest BCUT2D eigenvalue weighted by Gasteiger charge is 2.23. The Bertz CT molecular complexity index is 1060. The number of aryl methyl sites for hydroxylation is 1. The second-order valence-corrected chi connectivity index (χ2v) is 10.5. The molecular weight excluding hydrogens is 418 g/mol. The maximum absolute atomic E-state index is 13.6. The standard InChI is InChI=1S/C26H33N3O2S/c1-19-7-5-8-22-23(19)27-25(32-22)29(14-6-13-28-15-17-31-18-16-28)24(30)20-9-11-21(12-10-20)26(2,3)4/h5,7-12H,6,13-18H2,1-4H3. The number of carbonyl (C=O) groups is 1. The van der Waals surface area contributed by atoms with Crippen molar-refractivity contribution in [2.24, 2.45) is 0 Å². The Balaban J connectivity index is 1.58. The fourth-order valence-electron chi connectivity index (χ4n) is 4.02. The van der Waals surface area contributed by atoms with E-state index >= 15 is 0 Å². The van der Waals surface area contributed by atoms with Crippen molar-refractivity contribution < 1.29 is 9.53 Å². The van der Waals surface area contributed by atoms with Gasteiger partial charge < -0.3 is 4.74 Å².